The summed E-state index contributed by atoms with van der Waals surface area (Å²) >= 11 is 5.60. The standard InChI is InChI=1S/C18H23BrN4O2S/c1-11(2)13-5-6-14(24-4)16(15(13)19)25-18-21-12(3)20-17(22-18)23-7-9-26-10-8-23/h5-6,11H,7-10H2,1-4H3. The Balaban J connectivity index is 1.96. The van der Waals surface area contributed by atoms with Crippen molar-refractivity contribution < 1.29 is 9.47 Å². The lowest BCUT2D eigenvalue weighted by Crippen LogP contribution is -2.34. The van der Waals surface area contributed by atoms with Crippen LogP contribution in [0.5, 0.6) is 17.5 Å². The molecule has 1 aromatic heterocycles. The highest BCUT2D eigenvalue weighted by atomic mass is 79.9. The zero-order chi connectivity index (χ0) is 18.7. The Kier molecular flexibility index (Phi) is 6.24. The highest BCUT2D eigenvalue weighted by Gasteiger charge is 2.20. The first-order chi connectivity index (χ1) is 12.5. The van der Waals surface area contributed by atoms with E-state index in [9.17, 15) is 0 Å². The van der Waals surface area contributed by atoms with Crippen molar-refractivity contribution in [2.45, 2.75) is 26.7 Å². The van der Waals surface area contributed by atoms with Crippen molar-refractivity contribution in [3.05, 3.63) is 28.0 Å². The van der Waals surface area contributed by atoms with E-state index in [4.69, 9.17) is 9.47 Å². The molecule has 1 fully saturated rings. The highest BCUT2D eigenvalue weighted by molar-refractivity contribution is 9.10. The number of thioether (sulfide) groups is 1. The van der Waals surface area contributed by atoms with Crippen LogP contribution in [0.1, 0.15) is 31.2 Å². The molecule has 0 radical (unpaired) electrons. The van der Waals surface area contributed by atoms with Crippen molar-refractivity contribution in [1.82, 2.24) is 15.0 Å². The average molecular weight is 439 g/mol. The highest BCUT2D eigenvalue weighted by Crippen LogP contribution is 2.42. The fourth-order valence-corrected chi connectivity index (χ4v) is 4.51. The largest absolute Gasteiger partial charge is 0.493 e. The summed E-state index contributed by atoms with van der Waals surface area (Å²) in [7, 11) is 1.62. The van der Waals surface area contributed by atoms with Gasteiger partial charge in [-0.2, -0.15) is 26.7 Å². The summed E-state index contributed by atoms with van der Waals surface area (Å²) in [6, 6.07) is 4.23. The molecule has 0 N–H and O–H groups in total. The molecule has 0 spiro atoms. The first-order valence-electron chi connectivity index (χ1n) is 8.59. The van der Waals surface area contributed by atoms with E-state index < -0.39 is 0 Å². The second-order valence-corrected chi connectivity index (χ2v) is 8.34. The molecule has 0 unspecified atom stereocenters. The molecule has 2 aromatic rings. The van der Waals surface area contributed by atoms with Gasteiger partial charge in [-0.1, -0.05) is 19.9 Å². The van der Waals surface area contributed by atoms with Gasteiger partial charge in [0.15, 0.2) is 11.5 Å². The summed E-state index contributed by atoms with van der Waals surface area (Å²) in [5.41, 5.74) is 1.14. The Morgan fingerprint density at radius 2 is 1.88 bits per heavy atom. The minimum atomic E-state index is 0.283. The summed E-state index contributed by atoms with van der Waals surface area (Å²) < 4.78 is 12.4. The lowest BCUT2D eigenvalue weighted by Gasteiger charge is -2.26. The molecule has 1 aliphatic heterocycles. The number of hydrogen-bond acceptors (Lipinski definition) is 7. The topological polar surface area (TPSA) is 60.4 Å². The third-order valence-corrected chi connectivity index (χ3v) is 5.90. The number of aromatic nitrogens is 3. The van der Waals surface area contributed by atoms with Crippen LogP contribution in [0.25, 0.3) is 0 Å². The monoisotopic (exact) mass is 438 g/mol. The van der Waals surface area contributed by atoms with E-state index in [1.165, 1.54) is 0 Å². The normalized spacial score (nSPS) is 14.6. The van der Waals surface area contributed by atoms with E-state index >= 15 is 0 Å². The van der Waals surface area contributed by atoms with Crippen LogP contribution in [0.15, 0.2) is 16.6 Å². The third kappa shape index (κ3) is 4.23. The van der Waals surface area contributed by atoms with Gasteiger partial charge in [0.2, 0.25) is 5.95 Å². The van der Waals surface area contributed by atoms with Gasteiger partial charge in [0.25, 0.3) is 0 Å². The molecule has 0 atom stereocenters. The van der Waals surface area contributed by atoms with E-state index in [1.54, 1.807) is 7.11 Å². The van der Waals surface area contributed by atoms with Gasteiger partial charge in [0, 0.05) is 24.6 Å². The van der Waals surface area contributed by atoms with Crippen LogP contribution < -0.4 is 14.4 Å². The minimum absolute atomic E-state index is 0.283. The fourth-order valence-electron chi connectivity index (χ4n) is 2.74. The van der Waals surface area contributed by atoms with Gasteiger partial charge in [0.05, 0.1) is 11.6 Å². The molecule has 0 amide bonds. The SMILES string of the molecule is COc1ccc(C(C)C)c(Br)c1Oc1nc(C)nc(N2CCSCC2)n1. The number of anilines is 1. The number of aryl methyl sites for hydroxylation is 1. The van der Waals surface area contributed by atoms with E-state index in [0.29, 0.717) is 29.2 Å². The number of benzene rings is 1. The summed E-state index contributed by atoms with van der Waals surface area (Å²) in [5, 5.41) is 0. The molecular formula is C18H23BrN4O2S. The molecule has 140 valence electrons. The van der Waals surface area contributed by atoms with E-state index in [1.807, 2.05) is 30.8 Å². The fraction of sp³-hybridized carbons (Fsp3) is 0.500. The zero-order valence-electron chi connectivity index (χ0n) is 15.5. The van der Waals surface area contributed by atoms with Gasteiger partial charge in [-0.05, 0) is 40.4 Å². The number of methoxy groups -OCH3 is 1. The Bertz CT molecular complexity index is 782. The molecule has 1 saturated heterocycles. The summed E-state index contributed by atoms with van der Waals surface area (Å²) in [6.45, 7) is 7.99. The molecule has 8 heteroatoms. The lowest BCUT2D eigenvalue weighted by atomic mass is 10.0. The van der Waals surface area contributed by atoms with Gasteiger partial charge in [-0.3, -0.25) is 0 Å². The van der Waals surface area contributed by atoms with Gasteiger partial charge < -0.3 is 14.4 Å². The van der Waals surface area contributed by atoms with Gasteiger partial charge in [-0.25, -0.2) is 0 Å². The number of hydrogen-bond donors (Lipinski definition) is 0. The lowest BCUT2D eigenvalue weighted by molar-refractivity contribution is 0.364. The number of halogens is 1. The Morgan fingerprint density at radius 3 is 2.54 bits per heavy atom. The Labute approximate surface area is 166 Å². The average Bonchev–Trinajstić information content (AvgIpc) is 2.63. The maximum absolute atomic E-state index is 6.07. The van der Waals surface area contributed by atoms with Crippen LogP contribution in [-0.2, 0) is 0 Å². The van der Waals surface area contributed by atoms with Crippen molar-refractivity contribution in [2.24, 2.45) is 0 Å². The molecule has 1 aromatic carbocycles. The quantitative estimate of drug-likeness (QED) is 0.684. The molecule has 6 nitrogen and oxygen atoms in total. The first-order valence-corrected chi connectivity index (χ1v) is 10.5. The second kappa shape index (κ2) is 8.43. The molecule has 3 rings (SSSR count). The van der Waals surface area contributed by atoms with E-state index in [2.05, 4.69) is 49.6 Å². The zero-order valence-corrected chi connectivity index (χ0v) is 17.9. The summed E-state index contributed by atoms with van der Waals surface area (Å²) in [4.78, 5) is 15.6. The number of ether oxygens (including phenoxy) is 2. The minimum Gasteiger partial charge on any atom is -0.493 e. The van der Waals surface area contributed by atoms with Gasteiger partial charge in [0.1, 0.15) is 5.82 Å². The van der Waals surface area contributed by atoms with Crippen LogP contribution in [0.2, 0.25) is 0 Å². The Hall–Kier alpha value is -1.54. The molecule has 0 bridgehead atoms. The third-order valence-electron chi connectivity index (χ3n) is 4.13. The van der Waals surface area contributed by atoms with Crippen LogP contribution >= 0.6 is 27.7 Å². The van der Waals surface area contributed by atoms with Crippen molar-refractivity contribution in [3.8, 4) is 17.5 Å². The van der Waals surface area contributed by atoms with E-state index in [0.717, 1.165) is 34.6 Å². The second-order valence-electron chi connectivity index (χ2n) is 6.32. The van der Waals surface area contributed by atoms with Crippen LogP contribution in [-0.4, -0.2) is 46.7 Å². The van der Waals surface area contributed by atoms with Gasteiger partial charge >= 0.3 is 6.01 Å². The van der Waals surface area contributed by atoms with E-state index in [-0.39, 0.29) is 6.01 Å². The molecular weight excluding hydrogens is 416 g/mol. The van der Waals surface area contributed by atoms with Crippen molar-refractivity contribution >= 4 is 33.6 Å². The molecule has 1 aliphatic rings. The van der Waals surface area contributed by atoms with Crippen LogP contribution in [0.3, 0.4) is 0 Å². The molecule has 26 heavy (non-hydrogen) atoms. The summed E-state index contributed by atoms with van der Waals surface area (Å²) in [6.07, 6.45) is 0. The predicted molar refractivity (Wildman–Crippen MR) is 109 cm³/mol. The predicted octanol–water partition coefficient (Wildman–Crippen LogP) is 4.42. The van der Waals surface area contributed by atoms with Crippen molar-refractivity contribution in [3.63, 3.8) is 0 Å². The summed E-state index contributed by atoms with van der Waals surface area (Å²) in [5.74, 6) is 5.04. The van der Waals surface area contributed by atoms with Crippen LogP contribution in [0.4, 0.5) is 5.95 Å². The van der Waals surface area contributed by atoms with Crippen LogP contribution in [0, 0.1) is 6.92 Å². The smallest absolute Gasteiger partial charge is 0.327 e. The number of nitrogens with zero attached hydrogens (tertiary/aromatic N) is 4. The first kappa shape index (κ1) is 19.2. The maximum atomic E-state index is 6.07. The Morgan fingerprint density at radius 1 is 1.15 bits per heavy atom. The van der Waals surface area contributed by atoms with Gasteiger partial charge in [-0.15, -0.1) is 0 Å². The molecule has 2 heterocycles. The van der Waals surface area contributed by atoms with Crippen molar-refractivity contribution in [1.29, 1.82) is 0 Å². The molecule has 0 saturated carbocycles. The van der Waals surface area contributed by atoms with Crippen molar-refractivity contribution in [2.75, 3.05) is 36.6 Å². The maximum Gasteiger partial charge on any atom is 0.327 e. The number of rotatable bonds is 5. The molecule has 0 aliphatic carbocycles.